The maximum Gasteiger partial charge on any atom is 0.306 e. The van der Waals surface area contributed by atoms with Crippen LogP contribution in [-0.2, 0) is 14.3 Å². The van der Waals surface area contributed by atoms with Crippen LogP contribution in [0.1, 0.15) is 42.7 Å². The first-order valence-electron chi connectivity index (χ1n) is 9.38. The van der Waals surface area contributed by atoms with Gasteiger partial charge in [-0.25, -0.2) is 5.01 Å². The van der Waals surface area contributed by atoms with Crippen LogP contribution in [0.5, 0.6) is 11.5 Å². The van der Waals surface area contributed by atoms with Gasteiger partial charge in [-0.1, -0.05) is 19.1 Å². The highest BCUT2D eigenvalue weighted by atomic mass is 32.1. The quantitative estimate of drug-likeness (QED) is 0.612. The summed E-state index contributed by atoms with van der Waals surface area (Å²) in [6.07, 6.45) is 1.52. The Bertz CT molecular complexity index is 894. The molecule has 154 valence electrons. The molecule has 29 heavy (non-hydrogen) atoms. The Kier molecular flexibility index (Phi) is 6.87. The number of rotatable bonds is 8. The van der Waals surface area contributed by atoms with Crippen molar-refractivity contribution in [1.29, 1.82) is 0 Å². The summed E-state index contributed by atoms with van der Waals surface area (Å²) in [5.41, 5.74) is 1.69. The average molecular weight is 416 g/mol. The molecule has 1 atom stereocenters. The largest absolute Gasteiger partial charge is 0.493 e. The summed E-state index contributed by atoms with van der Waals surface area (Å²) in [5, 5.41) is 7.94. The second-order valence-electron chi connectivity index (χ2n) is 6.51. The normalized spacial score (nSPS) is 15.8. The van der Waals surface area contributed by atoms with Crippen LogP contribution in [0.4, 0.5) is 0 Å². The van der Waals surface area contributed by atoms with Crippen molar-refractivity contribution >= 4 is 28.9 Å². The predicted molar refractivity (Wildman–Crippen MR) is 110 cm³/mol. The third kappa shape index (κ3) is 4.76. The minimum atomic E-state index is -0.384. The van der Waals surface area contributed by atoms with Crippen LogP contribution in [0.15, 0.2) is 40.8 Å². The van der Waals surface area contributed by atoms with E-state index in [4.69, 9.17) is 14.2 Å². The lowest BCUT2D eigenvalue weighted by Crippen LogP contribution is -2.31. The van der Waals surface area contributed by atoms with Crippen molar-refractivity contribution in [2.24, 2.45) is 5.10 Å². The van der Waals surface area contributed by atoms with Gasteiger partial charge >= 0.3 is 5.97 Å². The monoisotopic (exact) mass is 416 g/mol. The molecule has 2 heterocycles. The SMILES string of the molecule is CCCC(=O)OCC(=O)N1N=C(c2cccs2)CC1c1ccc(OC)c(OC)c1. The molecule has 0 saturated heterocycles. The van der Waals surface area contributed by atoms with Crippen molar-refractivity contribution in [1.82, 2.24) is 5.01 Å². The van der Waals surface area contributed by atoms with Gasteiger partial charge in [0.25, 0.3) is 5.91 Å². The maximum atomic E-state index is 12.8. The third-order valence-corrected chi connectivity index (χ3v) is 5.49. The van der Waals surface area contributed by atoms with Gasteiger partial charge in [0.1, 0.15) is 0 Å². The number of benzene rings is 1. The van der Waals surface area contributed by atoms with E-state index < -0.39 is 0 Å². The molecule has 2 aromatic rings. The van der Waals surface area contributed by atoms with Gasteiger partial charge in [0.15, 0.2) is 18.1 Å². The number of carbonyl (C=O) groups is 2. The second kappa shape index (κ2) is 9.56. The lowest BCUT2D eigenvalue weighted by molar-refractivity contribution is -0.152. The predicted octanol–water partition coefficient (Wildman–Crippen LogP) is 3.79. The molecule has 3 rings (SSSR count). The fraction of sp³-hybridized carbons (Fsp3) is 0.381. The molecule has 1 aliphatic heterocycles. The maximum absolute atomic E-state index is 12.8. The van der Waals surface area contributed by atoms with E-state index in [1.807, 2.05) is 36.6 Å². The van der Waals surface area contributed by atoms with Crippen LogP contribution in [0.3, 0.4) is 0 Å². The van der Waals surface area contributed by atoms with Crippen molar-refractivity contribution in [2.75, 3.05) is 20.8 Å². The fourth-order valence-electron chi connectivity index (χ4n) is 3.14. The smallest absolute Gasteiger partial charge is 0.306 e. The first-order chi connectivity index (χ1) is 14.1. The highest BCUT2D eigenvalue weighted by Crippen LogP contribution is 2.37. The summed E-state index contributed by atoms with van der Waals surface area (Å²) in [7, 11) is 3.14. The molecule has 0 aliphatic carbocycles. The molecular formula is C21H24N2O5S. The lowest BCUT2D eigenvalue weighted by Gasteiger charge is -2.22. The van der Waals surface area contributed by atoms with Crippen LogP contribution >= 0.6 is 11.3 Å². The molecule has 0 fully saturated rings. The van der Waals surface area contributed by atoms with Gasteiger partial charge < -0.3 is 14.2 Å². The zero-order chi connectivity index (χ0) is 20.8. The fourth-order valence-corrected chi connectivity index (χ4v) is 3.86. The van der Waals surface area contributed by atoms with Crippen molar-refractivity contribution in [3.63, 3.8) is 0 Å². The van der Waals surface area contributed by atoms with Crippen molar-refractivity contribution in [3.8, 4) is 11.5 Å². The van der Waals surface area contributed by atoms with Crippen molar-refractivity contribution < 1.29 is 23.8 Å². The van der Waals surface area contributed by atoms with E-state index in [1.165, 1.54) is 5.01 Å². The Balaban J connectivity index is 1.86. The molecular weight excluding hydrogens is 392 g/mol. The van der Waals surface area contributed by atoms with Gasteiger partial charge in [-0.3, -0.25) is 9.59 Å². The molecule has 1 aromatic heterocycles. The minimum Gasteiger partial charge on any atom is -0.493 e. The van der Waals surface area contributed by atoms with E-state index in [0.29, 0.717) is 24.3 Å². The molecule has 1 unspecified atom stereocenters. The molecule has 0 spiro atoms. The summed E-state index contributed by atoms with van der Waals surface area (Å²) in [6, 6.07) is 9.16. The Morgan fingerprint density at radius 1 is 1.21 bits per heavy atom. The molecule has 0 saturated carbocycles. The van der Waals surface area contributed by atoms with E-state index >= 15 is 0 Å². The number of amides is 1. The van der Waals surface area contributed by atoms with Gasteiger partial charge in [-0.2, -0.15) is 5.10 Å². The van der Waals surface area contributed by atoms with Crippen LogP contribution in [-0.4, -0.2) is 43.4 Å². The third-order valence-electron chi connectivity index (χ3n) is 4.57. The summed E-state index contributed by atoms with van der Waals surface area (Å²) < 4.78 is 15.8. The van der Waals surface area contributed by atoms with Crippen LogP contribution in [0.2, 0.25) is 0 Å². The zero-order valence-electron chi connectivity index (χ0n) is 16.7. The molecule has 8 heteroatoms. The number of carbonyl (C=O) groups excluding carboxylic acids is 2. The summed E-state index contributed by atoms with van der Waals surface area (Å²) in [5.74, 6) is 0.447. The van der Waals surface area contributed by atoms with Gasteiger partial charge in [0, 0.05) is 12.8 Å². The van der Waals surface area contributed by atoms with Gasteiger partial charge in [0.2, 0.25) is 0 Å². The Morgan fingerprint density at radius 2 is 2.00 bits per heavy atom. The molecule has 1 amide bonds. The van der Waals surface area contributed by atoms with E-state index in [9.17, 15) is 9.59 Å². The number of hydrazone groups is 1. The highest BCUT2D eigenvalue weighted by Gasteiger charge is 2.34. The molecule has 7 nitrogen and oxygen atoms in total. The first kappa shape index (κ1) is 20.9. The average Bonchev–Trinajstić information content (AvgIpc) is 3.41. The Hall–Kier alpha value is -2.87. The second-order valence-corrected chi connectivity index (χ2v) is 7.46. The highest BCUT2D eigenvalue weighted by molar-refractivity contribution is 7.12. The van der Waals surface area contributed by atoms with Gasteiger partial charge in [0.05, 0.1) is 30.9 Å². The van der Waals surface area contributed by atoms with E-state index in [2.05, 4.69) is 5.10 Å². The van der Waals surface area contributed by atoms with Crippen LogP contribution in [0, 0.1) is 0 Å². The first-order valence-corrected chi connectivity index (χ1v) is 10.3. The zero-order valence-corrected chi connectivity index (χ0v) is 17.5. The molecule has 1 aliphatic rings. The number of thiophene rings is 1. The topological polar surface area (TPSA) is 77.4 Å². The minimum absolute atomic E-state index is 0.288. The molecule has 0 N–H and O–H groups in total. The Labute approximate surface area is 173 Å². The molecule has 0 radical (unpaired) electrons. The van der Waals surface area contributed by atoms with E-state index in [-0.39, 0.29) is 30.9 Å². The number of methoxy groups -OCH3 is 2. The van der Waals surface area contributed by atoms with E-state index in [0.717, 1.165) is 16.2 Å². The van der Waals surface area contributed by atoms with Crippen molar-refractivity contribution in [2.45, 2.75) is 32.2 Å². The van der Waals surface area contributed by atoms with Gasteiger partial charge in [-0.15, -0.1) is 11.3 Å². The summed E-state index contributed by atoms with van der Waals surface area (Å²) >= 11 is 1.57. The van der Waals surface area contributed by atoms with Crippen LogP contribution in [0.25, 0.3) is 0 Å². The summed E-state index contributed by atoms with van der Waals surface area (Å²) in [4.78, 5) is 25.5. The number of hydrogen-bond donors (Lipinski definition) is 0. The number of hydrogen-bond acceptors (Lipinski definition) is 7. The number of esters is 1. The van der Waals surface area contributed by atoms with Crippen LogP contribution < -0.4 is 9.47 Å². The lowest BCUT2D eigenvalue weighted by atomic mass is 10.0. The standard InChI is InChI=1S/C21H24N2O5S/c1-4-6-21(25)28-13-20(24)23-16(12-15(22-23)19-7-5-10-29-19)14-8-9-17(26-2)18(11-14)27-3/h5,7-11,16H,4,6,12-13H2,1-3H3. The van der Waals surface area contributed by atoms with E-state index in [1.54, 1.807) is 31.6 Å². The number of nitrogens with zero attached hydrogens (tertiary/aromatic N) is 2. The Morgan fingerprint density at radius 3 is 2.66 bits per heavy atom. The van der Waals surface area contributed by atoms with Gasteiger partial charge in [-0.05, 0) is 35.6 Å². The van der Waals surface area contributed by atoms with Crippen molar-refractivity contribution in [3.05, 3.63) is 46.2 Å². The molecule has 0 bridgehead atoms. The molecule has 1 aromatic carbocycles. The summed E-state index contributed by atoms with van der Waals surface area (Å²) in [6.45, 7) is 1.55. The number of ether oxygens (including phenoxy) is 3.